The van der Waals surface area contributed by atoms with E-state index in [0.717, 1.165) is 5.56 Å². The van der Waals surface area contributed by atoms with Crippen LogP contribution in [0.2, 0.25) is 0 Å². The molecule has 0 saturated heterocycles. The Labute approximate surface area is 133 Å². The molecule has 0 N–H and O–H groups in total. The highest BCUT2D eigenvalue weighted by Crippen LogP contribution is 2.34. The third kappa shape index (κ3) is 3.40. The van der Waals surface area contributed by atoms with E-state index in [2.05, 4.69) is 0 Å². The summed E-state index contributed by atoms with van der Waals surface area (Å²) in [5, 5.41) is -0.840. The fraction of sp³-hybridized carbons (Fsp3) is 0.133. The molecule has 2 aromatic rings. The Kier molecular flexibility index (Phi) is 4.73. The van der Waals surface area contributed by atoms with E-state index in [4.69, 9.17) is 20.5 Å². The van der Waals surface area contributed by atoms with Crippen LogP contribution in [0.25, 0.3) is 0 Å². The lowest BCUT2D eigenvalue weighted by atomic mass is 10.2. The van der Waals surface area contributed by atoms with E-state index >= 15 is 0 Å². The van der Waals surface area contributed by atoms with Gasteiger partial charge in [-0.1, -0.05) is 23.8 Å². The number of rotatable bonds is 5. The normalized spacial score (nSPS) is 11.0. The number of aryl methyl sites for hydroxylation is 1. The monoisotopic (exact) mass is 340 g/mol. The summed E-state index contributed by atoms with van der Waals surface area (Å²) in [6.07, 6.45) is 0. The molecule has 2 rings (SSSR count). The first-order chi connectivity index (χ1) is 10.3. The van der Waals surface area contributed by atoms with Crippen LogP contribution >= 0.6 is 11.6 Å². The number of hydrogen-bond donors (Lipinski definition) is 0. The molecule has 0 spiro atoms. The first-order valence-electron chi connectivity index (χ1n) is 6.23. The van der Waals surface area contributed by atoms with Crippen LogP contribution in [0.15, 0.2) is 47.4 Å². The molecule has 0 fully saturated rings. The zero-order chi connectivity index (χ0) is 16.3. The van der Waals surface area contributed by atoms with Gasteiger partial charge >= 0.3 is 10.1 Å². The topological polar surface area (TPSA) is 69.7 Å². The molecule has 0 atom stereocenters. The standard InChI is InChI=1S/C15H13ClO5S/c1-10-6-8-11(9-7-10)22(18,19)21-14-12(15(16)17)4-3-5-13(14)20-2/h3-9H,1-2H3. The summed E-state index contributed by atoms with van der Waals surface area (Å²) in [5.41, 5.74) is 0.824. The second-order valence-corrected chi connectivity index (χ2v) is 6.35. The number of hydrogen-bond acceptors (Lipinski definition) is 5. The van der Waals surface area contributed by atoms with Gasteiger partial charge in [-0.3, -0.25) is 4.79 Å². The predicted octanol–water partition coefficient (Wildman–Crippen LogP) is 3.15. The lowest BCUT2D eigenvalue weighted by Gasteiger charge is -2.13. The van der Waals surface area contributed by atoms with Crippen molar-refractivity contribution in [3.63, 3.8) is 0 Å². The average molecular weight is 341 g/mol. The van der Waals surface area contributed by atoms with Crippen LogP contribution in [-0.2, 0) is 10.1 Å². The second-order valence-electron chi connectivity index (χ2n) is 4.46. The molecule has 0 amide bonds. The number of carbonyl (C=O) groups is 1. The third-order valence-corrected chi connectivity index (χ3v) is 4.35. The maximum Gasteiger partial charge on any atom is 0.339 e. The first kappa shape index (κ1) is 16.3. The van der Waals surface area contributed by atoms with Gasteiger partial charge in [-0.15, -0.1) is 0 Å². The van der Waals surface area contributed by atoms with Gasteiger partial charge in [0.05, 0.1) is 12.7 Å². The first-order valence-corrected chi connectivity index (χ1v) is 8.02. The van der Waals surface area contributed by atoms with E-state index in [0.29, 0.717) is 0 Å². The van der Waals surface area contributed by atoms with Gasteiger partial charge in [-0.2, -0.15) is 8.42 Å². The minimum atomic E-state index is -4.11. The lowest BCUT2D eigenvalue weighted by molar-refractivity contribution is 0.107. The molecule has 0 aliphatic heterocycles. The molecule has 0 saturated carbocycles. The molecule has 0 heterocycles. The fourth-order valence-electron chi connectivity index (χ4n) is 1.78. The Balaban J connectivity index is 2.49. The van der Waals surface area contributed by atoms with Crippen molar-refractivity contribution in [2.24, 2.45) is 0 Å². The molecule has 0 aliphatic carbocycles. The van der Waals surface area contributed by atoms with Crippen LogP contribution in [0.3, 0.4) is 0 Å². The molecular weight excluding hydrogens is 328 g/mol. The maximum absolute atomic E-state index is 12.3. The summed E-state index contributed by atoms with van der Waals surface area (Å²) in [6, 6.07) is 10.5. The summed E-state index contributed by atoms with van der Waals surface area (Å²) in [4.78, 5) is 11.4. The van der Waals surface area contributed by atoms with Gasteiger partial charge in [0.25, 0.3) is 5.24 Å². The predicted molar refractivity (Wildman–Crippen MR) is 82.2 cm³/mol. The van der Waals surface area contributed by atoms with E-state index in [1.807, 2.05) is 6.92 Å². The Morgan fingerprint density at radius 2 is 1.73 bits per heavy atom. The zero-order valence-electron chi connectivity index (χ0n) is 11.9. The molecule has 2 aromatic carbocycles. The van der Waals surface area contributed by atoms with Crippen molar-refractivity contribution < 1.29 is 22.1 Å². The van der Waals surface area contributed by atoms with Crippen molar-refractivity contribution in [3.8, 4) is 11.5 Å². The summed E-state index contributed by atoms with van der Waals surface area (Å²) >= 11 is 5.46. The molecule has 0 bridgehead atoms. The van der Waals surface area contributed by atoms with Crippen LogP contribution in [0.4, 0.5) is 0 Å². The van der Waals surface area contributed by atoms with Gasteiger partial charge < -0.3 is 8.92 Å². The molecule has 0 unspecified atom stereocenters. The molecular formula is C15H13ClO5S. The highest BCUT2D eigenvalue weighted by Gasteiger charge is 2.23. The number of ether oxygens (including phenoxy) is 1. The van der Waals surface area contributed by atoms with Crippen molar-refractivity contribution in [2.75, 3.05) is 7.11 Å². The van der Waals surface area contributed by atoms with E-state index in [9.17, 15) is 13.2 Å². The number of benzene rings is 2. The summed E-state index contributed by atoms with van der Waals surface area (Å²) in [5.74, 6) is -0.132. The minimum Gasteiger partial charge on any atom is -0.493 e. The third-order valence-electron chi connectivity index (χ3n) is 2.91. The highest BCUT2D eigenvalue weighted by molar-refractivity contribution is 7.87. The quantitative estimate of drug-likeness (QED) is 0.617. The van der Waals surface area contributed by atoms with E-state index in [-0.39, 0.29) is 22.0 Å². The van der Waals surface area contributed by atoms with E-state index in [1.165, 1.54) is 37.4 Å². The van der Waals surface area contributed by atoms with Gasteiger partial charge in [-0.05, 0) is 42.8 Å². The Hall–Kier alpha value is -2.05. The smallest absolute Gasteiger partial charge is 0.339 e. The van der Waals surface area contributed by atoms with E-state index < -0.39 is 15.4 Å². The van der Waals surface area contributed by atoms with E-state index in [1.54, 1.807) is 12.1 Å². The van der Waals surface area contributed by atoms with Crippen molar-refractivity contribution >= 4 is 27.0 Å². The second kappa shape index (κ2) is 6.37. The Morgan fingerprint density at radius 1 is 1.09 bits per heavy atom. The average Bonchev–Trinajstić information content (AvgIpc) is 2.47. The van der Waals surface area contributed by atoms with Crippen molar-refractivity contribution in [1.29, 1.82) is 0 Å². The number of carbonyl (C=O) groups excluding carboxylic acids is 1. The van der Waals surface area contributed by atoms with Crippen LogP contribution < -0.4 is 8.92 Å². The SMILES string of the molecule is COc1cccc(C(=O)Cl)c1OS(=O)(=O)c1ccc(C)cc1. The molecule has 0 aromatic heterocycles. The Bertz CT molecular complexity index is 797. The molecule has 0 aliphatic rings. The van der Waals surface area contributed by atoms with Gasteiger partial charge in [-0.25, -0.2) is 0 Å². The van der Waals surface area contributed by atoms with Crippen LogP contribution in [0, 0.1) is 6.92 Å². The van der Waals surface area contributed by atoms with Gasteiger partial charge in [0.15, 0.2) is 11.5 Å². The summed E-state index contributed by atoms with van der Waals surface area (Å²) in [7, 11) is -2.77. The molecule has 7 heteroatoms. The van der Waals surface area contributed by atoms with Gasteiger partial charge in [0.2, 0.25) is 0 Å². The highest BCUT2D eigenvalue weighted by atomic mass is 35.5. The van der Waals surface area contributed by atoms with Crippen LogP contribution in [0.5, 0.6) is 11.5 Å². The molecule has 22 heavy (non-hydrogen) atoms. The number of halogens is 1. The van der Waals surface area contributed by atoms with Gasteiger partial charge in [0, 0.05) is 0 Å². The molecule has 5 nitrogen and oxygen atoms in total. The van der Waals surface area contributed by atoms with Crippen molar-refractivity contribution in [3.05, 3.63) is 53.6 Å². The summed E-state index contributed by atoms with van der Waals surface area (Å²) < 4.78 is 34.8. The number of methoxy groups -OCH3 is 1. The maximum atomic E-state index is 12.3. The van der Waals surface area contributed by atoms with Crippen molar-refractivity contribution in [1.82, 2.24) is 0 Å². The number of para-hydroxylation sites is 1. The zero-order valence-corrected chi connectivity index (χ0v) is 13.4. The van der Waals surface area contributed by atoms with Crippen LogP contribution in [0.1, 0.15) is 15.9 Å². The molecule has 116 valence electrons. The molecule has 0 radical (unpaired) electrons. The lowest BCUT2D eigenvalue weighted by Crippen LogP contribution is -2.12. The Morgan fingerprint density at radius 3 is 2.27 bits per heavy atom. The fourth-order valence-corrected chi connectivity index (χ4v) is 2.89. The van der Waals surface area contributed by atoms with Gasteiger partial charge in [0.1, 0.15) is 4.90 Å². The summed E-state index contributed by atoms with van der Waals surface area (Å²) in [6.45, 7) is 1.84. The largest absolute Gasteiger partial charge is 0.493 e. The minimum absolute atomic E-state index is 0.0306. The van der Waals surface area contributed by atoms with Crippen LogP contribution in [-0.4, -0.2) is 20.8 Å². The van der Waals surface area contributed by atoms with Crippen molar-refractivity contribution in [2.45, 2.75) is 11.8 Å².